The Morgan fingerprint density at radius 1 is 1.13 bits per heavy atom. The summed E-state index contributed by atoms with van der Waals surface area (Å²) in [4.78, 5) is 12.2. The molecule has 1 N–H and O–H groups in total. The summed E-state index contributed by atoms with van der Waals surface area (Å²) in [6.45, 7) is 2.05. The Kier molecular flexibility index (Phi) is 2.88. The molecule has 4 nitrogen and oxygen atoms in total. The van der Waals surface area contributed by atoms with E-state index in [4.69, 9.17) is 0 Å². The highest BCUT2D eigenvalue weighted by Gasteiger charge is 2.05. The van der Waals surface area contributed by atoms with E-state index in [1.807, 2.05) is 31.2 Å². The van der Waals surface area contributed by atoms with Gasteiger partial charge in [-0.15, -0.1) is 0 Å². The van der Waals surface area contributed by atoms with Crippen molar-refractivity contribution in [3.05, 3.63) is 48.7 Å². The van der Waals surface area contributed by atoms with Crippen molar-refractivity contribution < 1.29 is 0 Å². The number of anilines is 1. The SMILES string of the molecule is CC(Nc1ccncn1)c1ccccn1. The van der Waals surface area contributed by atoms with Crippen molar-refractivity contribution in [2.45, 2.75) is 13.0 Å². The van der Waals surface area contributed by atoms with Crippen molar-refractivity contribution >= 4 is 5.82 Å². The van der Waals surface area contributed by atoms with Crippen molar-refractivity contribution in [2.75, 3.05) is 5.32 Å². The minimum atomic E-state index is 0.140. The fourth-order valence-corrected chi connectivity index (χ4v) is 1.30. The predicted octanol–water partition coefficient (Wildman–Crippen LogP) is 2.04. The summed E-state index contributed by atoms with van der Waals surface area (Å²) in [6.07, 6.45) is 5.02. The van der Waals surface area contributed by atoms with E-state index in [1.165, 1.54) is 6.33 Å². The Labute approximate surface area is 88.4 Å². The van der Waals surface area contributed by atoms with E-state index in [2.05, 4.69) is 20.3 Å². The van der Waals surface area contributed by atoms with Crippen molar-refractivity contribution in [3.8, 4) is 0 Å². The summed E-state index contributed by atoms with van der Waals surface area (Å²) in [5, 5.41) is 3.24. The summed E-state index contributed by atoms with van der Waals surface area (Å²) >= 11 is 0. The summed E-state index contributed by atoms with van der Waals surface area (Å²) in [6, 6.07) is 7.83. The van der Waals surface area contributed by atoms with Crippen LogP contribution in [0.1, 0.15) is 18.7 Å². The highest BCUT2D eigenvalue weighted by Crippen LogP contribution is 2.13. The van der Waals surface area contributed by atoms with Gasteiger partial charge in [-0.1, -0.05) is 6.07 Å². The Bertz CT molecular complexity index is 401. The first-order chi connectivity index (χ1) is 7.36. The minimum Gasteiger partial charge on any atom is -0.362 e. The molecular weight excluding hydrogens is 188 g/mol. The fourth-order valence-electron chi connectivity index (χ4n) is 1.30. The van der Waals surface area contributed by atoms with Crippen LogP contribution >= 0.6 is 0 Å². The van der Waals surface area contributed by atoms with Gasteiger partial charge in [-0.25, -0.2) is 9.97 Å². The van der Waals surface area contributed by atoms with E-state index in [-0.39, 0.29) is 6.04 Å². The molecule has 0 amide bonds. The molecule has 0 radical (unpaired) electrons. The number of pyridine rings is 1. The van der Waals surface area contributed by atoms with Gasteiger partial charge in [0.2, 0.25) is 0 Å². The first-order valence-electron chi connectivity index (χ1n) is 4.80. The largest absolute Gasteiger partial charge is 0.362 e. The van der Waals surface area contributed by atoms with Gasteiger partial charge in [0, 0.05) is 12.4 Å². The molecule has 4 heteroatoms. The fraction of sp³-hybridized carbons (Fsp3) is 0.182. The van der Waals surface area contributed by atoms with Gasteiger partial charge in [-0.3, -0.25) is 4.98 Å². The van der Waals surface area contributed by atoms with Crippen LogP contribution in [0.25, 0.3) is 0 Å². The van der Waals surface area contributed by atoms with E-state index < -0.39 is 0 Å². The van der Waals surface area contributed by atoms with Crippen molar-refractivity contribution in [2.24, 2.45) is 0 Å². The monoisotopic (exact) mass is 200 g/mol. The first kappa shape index (κ1) is 9.58. The second kappa shape index (κ2) is 4.50. The maximum Gasteiger partial charge on any atom is 0.129 e. The third-order valence-electron chi connectivity index (χ3n) is 2.08. The lowest BCUT2D eigenvalue weighted by Gasteiger charge is -2.13. The van der Waals surface area contributed by atoms with Crippen LogP contribution in [0.3, 0.4) is 0 Å². The molecule has 1 unspecified atom stereocenters. The second-order valence-electron chi connectivity index (χ2n) is 3.22. The molecule has 0 bridgehead atoms. The molecule has 0 aliphatic rings. The van der Waals surface area contributed by atoms with Crippen LogP contribution in [0.2, 0.25) is 0 Å². The number of aromatic nitrogens is 3. The quantitative estimate of drug-likeness (QED) is 0.823. The molecule has 1 atom stereocenters. The summed E-state index contributed by atoms with van der Waals surface area (Å²) < 4.78 is 0. The normalized spacial score (nSPS) is 12.1. The van der Waals surface area contributed by atoms with Crippen LogP contribution in [-0.2, 0) is 0 Å². The summed E-state index contributed by atoms with van der Waals surface area (Å²) in [5.41, 5.74) is 0.996. The average Bonchev–Trinajstić information content (AvgIpc) is 2.31. The van der Waals surface area contributed by atoms with Crippen LogP contribution in [0, 0.1) is 0 Å². The zero-order valence-electron chi connectivity index (χ0n) is 8.46. The Morgan fingerprint density at radius 2 is 2.07 bits per heavy atom. The third-order valence-corrected chi connectivity index (χ3v) is 2.08. The van der Waals surface area contributed by atoms with Crippen LogP contribution in [0.4, 0.5) is 5.82 Å². The van der Waals surface area contributed by atoms with Gasteiger partial charge in [0.25, 0.3) is 0 Å². The molecule has 0 aliphatic heterocycles. The van der Waals surface area contributed by atoms with Gasteiger partial charge in [-0.2, -0.15) is 0 Å². The minimum absolute atomic E-state index is 0.140. The number of hydrogen-bond donors (Lipinski definition) is 1. The molecular formula is C11H12N4. The van der Waals surface area contributed by atoms with E-state index in [1.54, 1.807) is 12.4 Å². The van der Waals surface area contributed by atoms with Gasteiger partial charge in [0.15, 0.2) is 0 Å². The highest BCUT2D eigenvalue weighted by atomic mass is 15.0. The summed E-state index contributed by atoms with van der Waals surface area (Å²) in [5.74, 6) is 0.808. The molecule has 2 aromatic heterocycles. The van der Waals surface area contributed by atoms with Gasteiger partial charge in [0.1, 0.15) is 12.1 Å². The van der Waals surface area contributed by atoms with Crippen molar-refractivity contribution in [1.82, 2.24) is 15.0 Å². The third kappa shape index (κ3) is 2.49. The zero-order valence-corrected chi connectivity index (χ0v) is 8.46. The maximum atomic E-state index is 4.27. The Morgan fingerprint density at radius 3 is 2.73 bits per heavy atom. The second-order valence-corrected chi connectivity index (χ2v) is 3.22. The molecule has 0 saturated carbocycles. The lowest BCUT2D eigenvalue weighted by molar-refractivity contribution is 0.830. The molecule has 15 heavy (non-hydrogen) atoms. The molecule has 0 fully saturated rings. The summed E-state index contributed by atoms with van der Waals surface area (Å²) in [7, 11) is 0. The van der Waals surface area contributed by atoms with Crippen molar-refractivity contribution in [3.63, 3.8) is 0 Å². The molecule has 0 saturated heterocycles. The van der Waals surface area contributed by atoms with Gasteiger partial charge < -0.3 is 5.32 Å². The van der Waals surface area contributed by atoms with Crippen LogP contribution in [-0.4, -0.2) is 15.0 Å². The number of rotatable bonds is 3. The highest BCUT2D eigenvalue weighted by molar-refractivity contribution is 5.34. The smallest absolute Gasteiger partial charge is 0.129 e. The molecule has 0 aliphatic carbocycles. The standard InChI is InChI=1S/C11H12N4/c1-9(10-4-2-3-6-13-10)15-11-5-7-12-8-14-11/h2-9H,1H3,(H,12,14,15). The molecule has 2 rings (SSSR count). The van der Waals surface area contributed by atoms with E-state index in [0.717, 1.165) is 11.5 Å². The number of hydrogen-bond acceptors (Lipinski definition) is 4. The van der Waals surface area contributed by atoms with Crippen LogP contribution in [0.5, 0.6) is 0 Å². The molecule has 2 heterocycles. The average molecular weight is 200 g/mol. The predicted molar refractivity (Wildman–Crippen MR) is 58.3 cm³/mol. The topological polar surface area (TPSA) is 50.7 Å². The zero-order chi connectivity index (χ0) is 10.5. The molecule has 0 spiro atoms. The van der Waals surface area contributed by atoms with Gasteiger partial charge in [0.05, 0.1) is 11.7 Å². The Hall–Kier alpha value is -1.97. The lowest BCUT2D eigenvalue weighted by atomic mass is 10.2. The number of nitrogens with zero attached hydrogens (tertiary/aromatic N) is 3. The van der Waals surface area contributed by atoms with E-state index >= 15 is 0 Å². The van der Waals surface area contributed by atoms with Crippen molar-refractivity contribution in [1.29, 1.82) is 0 Å². The number of nitrogens with one attached hydrogen (secondary N) is 1. The first-order valence-corrected chi connectivity index (χ1v) is 4.80. The lowest BCUT2D eigenvalue weighted by Crippen LogP contribution is -2.09. The van der Waals surface area contributed by atoms with Crippen LogP contribution < -0.4 is 5.32 Å². The molecule has 2 aromatic rings. The van der Waals surface area contributed by atoms with Crippen LogP contribution in [0.15, 0.2) is 43.0 Å². The molecule has 76 valence electrons. The van der Waals surface area contributed by atoms with Gasteiger partial charge >= 0.3 is 0 Å². The Balaban J connectivity index is 2.08. The maximum absolute atomic E-state index is 4.27. The van der Waals surface area contributed by atoms with E-state index in [0.29, 0.717) is 0 Å². The van der Waals surface area contributed by atoms with E-state index in [9.17, 15) is 0 Å². The van der Waals surface area contributed by atoms with Gasteiger partial charge in [-0.05, 0) is 25.1 Å². The molecule has 0 aromatic carbocycles.